The van der Waals surface area contributed by atoms with Crippen molar-refractivity contribution in [1.29, 1.82) is 0 Å². The standard InChI is InChI=1S/C20H23N3O/c24-20(19-8-4-5-11-21-19)23-13-12-22(17-9-10-17)15-18(23)14-16-6-2-1-3-7-16/h1-8,11,17-18H,9-10,12-15H2. The Labute approximate surface area is 143 Å². The van der Waals surface area contributed by atoms with Crippen LogP contribution in [0, 0.1) is 0 Å². The van der Waals surface area contributed by atoms with Crippen molar-refractivity contribution in [2.45, 2.75) is 31.3 Å². The average molecular weight is 321 g/mol. The van der Waals surface area contributed by atoms with Gasteiger partial charge in [-0.05, 0) is 37.0 Å². The molecule has 2 heterocycles. The summed E-state index contributed by atoms with van der Waals surface area (Å²) in [4.78, 5) is 21.8. The second-order valence-electron chi connectivity index (χ2n) is 6.78. The van der Waals surface area contributed by atoms with Crippen molar-refractivity contribution in [2.24, 2.45) is 0 Å². The number of hydrogen-bond donors (Lipinski definition) is 0. The molecule has 4 heteroatoms. The van der Waals surface area contributed by atoms with Gasteiger partial charge in [0.15, 0.2) is 0 Å². The normalized spacial score (nSPS) is 21.7. The van der Waals surface area contributed by atoms with Crippen LogP contribution in [0.15, 0.2) is 54.7 Å². The van der Waals surface area contributed by atoms with Gasteiger partial charge in [-0.2, -0.15) is 0 Å². The Morgan fingerprint density at radius 1 is 1.04 bits per heavy atom. The zero-order valence-corrected chi connectivity index (χ0v) is 13.8. The number of pyridine rings is 1. The number of piperazine rings is 1. The molecule has 2 aliphatic rings. The fraction of sp³-hybridized carbons (Fsp3) is 0.400. The van der Waals surface area contributed by atoms with E-state index in [0.29, 0.717) is 5.69 Å². The molecule has 4 rings (SSSR count). The molecule has 2 fully saturated rings. The molecule has 0 spiro atoms. The van der Waals surface area contributed by atoms with Crippen LogP contribution in [0.3, 0.4) is 0 Å². The molecule has 4 nitrogen and oxygen atoms in total. The fourth-order valence-corrected chi connectivity index (χ4v) is 3.62. The first-order valence-electron chi connectivity index (χ1n) is 8.81. The number of hydrogen-bond acceptors (Lipinski definition) is 3. The van der Waals surface area contributed by atoms with E-state index in [-0.39, 0.29) is 11.9 Å². The van der Waals surface area contributed by atoms with E-state index >= 15 is 0 Å². The van der Waals surface area contributed by atoms with Gasteiger partial charge in [0.2, 0.25) is 0 Å². The van der Waals surface area contributed by atoms with Crippen LogP contribution in [0.25, 0.3) is 0 Å². The number of aromatic nitrogens is 1. The summed E-state index contributed by atoms with van der Waals surface area (Å²) in [5.74, 6) is 0.0620. The maximum Gasteiger partial charge on any atom is 0.272 e. The minimum absolute atomic E-state index is 0.0620. The van der Waals surface area contributed by atoms with Crippen LogP contribution in [-0.4, -0.2) is 52.4 Å². The molecule has 1 aromatic heterocycles. The number of nitrogens with zero attached hydrogens (tertiary/aromatic N) is 3. The molecule has 2 aromatic rings. The van der Waals surface area contributed by atoms with Crippen molar-refractivity contribution in [3.8, 4) is 0 Å². The first-order chi connectivity index (χ1) is 11.8. The van der Waals surface area contributed by atoms with Gasteiger partial charge in [0, 0.05) is 37.9 Å². The first kappa shape index (κ1) is 15.3. The lowest BCUT2D eigenvalue weighted by Gasteiger charge is -2.41. The lowest BCUT2D eigenvalue weighted by molar-refractivity contribution is 0.0432. The Morgan fingerprint density at radius 2 is 1.83 bits per heavy atom. The Kier molecular flexibility index (Phi) is 4.30. The topological polar surface area (TPSA) is 36.4 Å². The summed E-state index contributed by atoms with van der Waals surface area (Å²) in [6.45, 7) is 2.75. The molecule has 1 aliphatic carbocycles. The number of rotatable bonds is 4. The van der Waals surface area contributed by atoms with Gasteiger partial charge < -0.3 is 4.90 Å². The molecular formula is C20H23N3O. The smallest absolute Gasteiger partial charge is 0.272 e. The molecule has 1 aliphatic heterocycles. The van der Waals surface area contributed by atoms with Gasteiger partial charge in [-0.15, -0.1) is 0 Å². The zero-order chi connectivity index (χ0) is 16.4. The van der Waals surface area contributed by atoms with Crippen LogP contribution in [0.1, 0.15) is 28.9 Å². The quantitative estimate of drug-likeness (QED) is 0.868. The second kappa shape index (κ2) is 6.73. The van der Waals surface area contributed by atoms with Gasteiger partial charge >= 0.3 is 0 Å². The molecule has 1 atom stereocenters. The molecule has 1 saturated carbocycles. The number of carbonyl (C=O) groups excluding carboxylic acids is 1. The Hall–Kier alpha value is -2.20. The summed E-state index contributed by atoms with van der Waals surface area (Å²) < 4.78 is 0. The third-order valence-electron chi connectivity index (χ3n) is 5.04. The average Bonchev–Trinajstić information content (AvgIpc) is 3.48. The van der Waals surface area contributed by atoms with Crippen molar-refractivity contribution in [1.82, 2.24) is 14.8 Å². The van der Waals surface area contributed by atoms with Gasteiger partial charge in [-0.25, -0.2) is 0 Å². The number of carbonyl (C=O) groups is 1. The van der Waals surface area contributed by atoms with Crippen LogP contribution in [0.5, 0.6) is 0 Å². The van der Waals surface area contributed by atoms with Crippen molar-refractivity contribution < 1.29 is 4.79 Å². The summed E-state index contributed by atoms with van der Waals surface area (Å²) in [5, 5.41) is 0. The van der Waals surface area contributed by atoms with E-state index in [0.717, 1.165) is 32.1 Å². The summed E-state index contributed by atoms with van der Waals surface area (Å²) in [6, 6.07) is 17.0. The predicted octanol–water partition coefficient (Wildman–Crippen LogP) is 2.61. The molecular weight excluding hydrogens is 298 g/mol. The van der Waals surface area contributed by atoms with Crippen molar-refractivity contribution >= 4 is 5.91 Å². The maximum atomic E-state index is 12.9. The highest BCUT2D eigenvalue weighted by Crippen LogP contribution is 2.30. The molecule has 1 saturated heterocycles. The minimum atomic E-state index is 0.0620. The third-order valence-corrected chi connectivity index (χ3v) is 5.04. The molecule has 1 unspecified atom stereocenters. The van der Waals surface area contributed by atoms with Crippen molar-refractivity contribution in [3.63, 3.8) is 0 Å². The SMILES string of the molecule is O=C(c1ccccn1)N1CCN(C2CC2)CC1Cc1ccccc1. The van der Waals surface area contributed by atoms with E-state index in [1.807, 2.05) is 29.2 Å². The van der Waals surface area contributed by atoms with Gasteiger partial charge in [-0.1, -0.05) is 36.4 Å². The lowest BCUT2D eigenvalue weighted by Crippen LogP contribution is -2.56. The largest absolute Gasteiger partial charge is 0.331 e. The number of benzene rings is 1. The van der Waals surface area contributed by atoms with Gasteiger partial charge in [0.1, 0.15) is 5.69 Å². The molecule has 124 valence electrons. The molecule has 1 amide bonds. The molecule has 0 N–H and O–H groups in total. The first-order valence-corrected chi connectivity index (χ1v) is 8.81. The third kappa shape index (κ3) is 3.34. The highest BCUT2D eigenvalue weighted by atomic mass is 16.2. The van der Waals surface area contributed by atoms with E-state index in [4.69, 9.17) is 0 Å². The highest BCUT2D eigenvalue weighted by Gasteiger charge is 2.37. The maximum absolute atomic E-state index is 12.9. The molecule has 0 radical (unpaired) electrons. The van der Waals surface area contributed by atoms with Crippen LogP contribution in [-0.2, 0) is 6.42 Å². The lowest BCUT2D eigenvalue weighted by atomic mass is 10.0. The van der Waals surface area contributed by atoms with E-state index in [1.54, 1.807) is 6.20 Å². The Balaban J connectivity index is 1.55. The summed E-state index contributed by atoms with van der Waals surface area (Å²) >= 11 is 0. The number of amides is 1. The summed E-state index contributed by atoms with van der Waals surface area (Å²) in [5.41, 5.74) is 1.84. The zero-order valence-electron chi connectivity index (χ0n) is 13.8. The summed E-state index contributed by atoms with van der Waals surface area (Å²) in [6.07, 6.45) is 5.22. The van der Waals surface area contributed by atoms with Crippen LogP contribution in [0.2, 0.25) is 0 Å². The van der Waals surface area contributed by atoms with Gasteiger partial charge in [-0.3, -0.25) is 14.7 Å². The van der Waals surface area contributed by atoms with Crippen molar-refractivity contribution in [3.05, 3.63) is 66.0 Å². The molecule has 24 heavy (non-hydrogen) atoms. The molecule has 0 bridgehead atoms. The monoisotopic (exact) mass is 321 g/mol. The van der Waals surface area contributed by atoms with Gasteiger partial charge in [0.05, 0.1) is 0 Å². The Bertz CT molecular complexity index is 685. The highest BCUT2D eigenvalue weighted by molar-refractivity contribution is 5.92. The van der Waals surface area contributed by atoms with Crippen molar-refractivity contribution in [2.75, 3.05) is 19.6 Å². The van der Waals surface area contributed by atoms with E-state index < -0.39 is 0 Å². The molecule has 1 aromatic carbocycles. The van der Waals surface area contributed by atoms with E-state index in [2.05, 4.69) is 34.1 Å². The van der Waals surface area contributed by atoms with Crippen LogP contribution >= 0.6 is 0 Å². The van der Waals surface area contributed by atoms with E-state index in [1.165, 1.54) is 18.4 Å². The van der Waals surface area contributed by atoms with Crippen LogP contribution < -0.4 is 0 Å². The summed E-state index contributed by atoms with van der Waals surface area (Å²) in [7, 11) is 0. The minimum Gasteiger partial charge on any atom is -0.331 e. The fourth-order valence-electron chi connectivity index (χ4n) is 3.62. The van der Waals surface area contributed by atoms with E-state index in [9.17, 15) is 4.79 Å². The second-order valence-corrected chi connectivity index (χ2v) is 6.78. The Morgan fingerprint density at radius 3 is 2.54 bits per heavy atom. The van der Waals surface area contributed by atoms with Crippen LogP contribution in [0.4, 0.5) is 0 Å². The van der Waals surface area contributed by atoms with Gasteiger partial charge in [0.25, 0.3) is 5.91 Å². The predicted molar refractivity (Wildman–Crippen MR) is 93.8 cm³/mol.